The Kier molecular flexibility index (Phi) is 1.78. The van der Waals surface area contributed by atoms with E-state index in [1.54, 1.807) is 10.7 Å². The van der Waals surface area contributed by atoms with Gasteiger partial charge in [-0.1, -0.05) is 0 Å². The van der Waals surface area contributed by atoms with Crippen molar-refractivity contribution in [3.8, 4) is 0 Å². The highest BCUT2D eigenvalue weighted by Crippen LogP contribution is 2.24. The highest BCUT2D eigenvalue weighted by atomic mass is 15.2. The highest BCUT2D eigenvalue weighted by Gasteiger charge is 2.26. The average Bonchev–Trinajstić information content (AvgIpc) is 2.64. The van der Waals surface area contributed by atoms with E-state index in [-0.39, 0.29) is 0 Å². The fourth-order valence-corrected chi connectivity index (χ4v) is 1.34. The van der Waals surface area contributed by atoms with E-state index in [1.165, 1.54) is 0 Å². The Morgan fingerprint density at radius 1 is 1.36 bits per heavy atom. The maximum atomic E-state index is 7.11. The van der Waals surface area contributed by atoms with Crippen LogP contribution >= 0.6 is 0 Å². The number of nitrogens with zero attached hydrogens (tertiary/aromatic N) is 3. The summed E-state index contributed by atoms with van der Waals surface area (Å²) in [4.78, 5) is 3.59. The van der Waals surface area contributed by atoms with Crippen LogP contribution in [0, 0.1) is 6.57 Å². The molecule has 0 fully saturated rings. The van der Waals surface area contributed by atoms with Crippen molar-refractivity contribution >= 4 is 5.52 Å². The lowest BCUT2D eigenvalue weighted by Crippen LogP contribution is -2.11. The second-order valence-corrected chi connectivity index (χ2v) is 3.79. The maximum absolute atomic E-state index is 7.11. The van der Waals surface area contributed by atoms with Gasteiger partial charge in [0.15, 0.2) is 0 Å². The van der Waals surface area contributed by atoms with E-state index in [2.05, 4.69) is 9.94 Å². The summed E-state index contributed by atoms with van der Waals surface area (Å²) in [5, 5.41) is 4.14. The Morgan fingerprint density at radius 3 is 2.86 bits per heavy atom. The quantitative estimate of drug-likeness (QED) is 0.625. The zero-order valence-electron chi connectivity index (χ0n) is 8.23. The smallest absolute Gasteiger partial charge is 0.253 e. The molecule has 0 aliphatic heterocycles. The molecule has 2 aromatic rings. The van der Waals surface area contributed by atoms with Gasteiger partial charge in [0.2, 0.25) is 0 Å². The van der Waals surface area contributed by atoms with Crippen molar-refractivity contribution in [2.24, 2.45) is 0 Å². The predicted octanol–water partition coefficient (Wildman–Crippen LogP) is 2.49. The molecule has 14 heavy (non-hydrogen) atoms. The molecule has 70 valence electrons. The van der Waals surface area contributed by atoms with Crippen LogP contribution < -0.4 is 0 Å². The first-order valence-corrected chi connectivity index (χ1v) is 4.46. The van der Waals surface area contributed by atoms with E-state index in [0.29, 0.717) is 0 Å². The minimum Gasteiger partial charge on any atom is -0.306 e. The van der Waals surface area contributed by atoms with Gasteiger partial charge in [0.1, 0.15) is 0 Å². The van der Waals surface area contributed by atoms with E-state index in [0.717, 1.165) is 11.1 Å². The lowest BCUT2D eigenvalue weighted by molar-refractivity contribution is 0.655. The Balaban J connectivity index is 2.61. The second kappa shape index (κ2) is 2.85. The Morgan fingerprint density at radius 2 is 2.14 bits per heavy atom. The third-order valence-corrected chi connectivity index (χ3v) is 2.38. The third kappa shape index (κ3) is 1.25. The van der Waals surface area contributed by atoms with Crippen LogP contribution in [0.3, 0.4) is 0 Å². The van der Waals surface area contributed by atoms with Crippen LogP contribution in [0.5, 0.6) is 0 Å². The molecule has 0 atom stereocenters. The molecule has 0 aromatic carbocycles. The summed E-state index contributed by atoms with van der Waals surface area (Å²) < 4.78 is 1.79. The Bertz CT molecular complexity index is 502. The number of pyridine rings is 1. The number of rotatable bonds is 1. The first-order valence-electron chi connectivity index (χ1n) is 4.46. The van der Waals surface area contributed by atoms with Crippen molar-refractivity contribution in [1.29, 1.82) is 0 Å². The minimum atomic E-state index is -0.472. The fourth-order valence-electron chi connectivity index (χ4n) is 1.34. The summed E-state index contributed by atoms with van der Waals surface area (Å²) in [6.45, 7) is 10.9. The molecule has 0 amide bonds. The average molecular weight is 185 g/mol. The summed E-state index contributed by atoms with van der Waals surface area (Å²) in [5.41, 5.74) is 1.57. The molecule has 3 nitrogen and oxygen atoms in total. The SMILES string of the molecule is [C-]#[N+]C(C)(C)c1ccc2ccnn2c1. The second-order valence-electron chi connectivity index (χ2n) is 3.79. The van der Waals surface area contributed by atoms with E-state index >= 15 is 0 Å². The Hall–Kier alpha value is -1.82. The van der Waals surface area contributed by atoms with Gasteiger partial charge in [-0.2, -0.15) is 5.10 Å². The zero-order chi connectivity index (χ0) is 10.2. The topological polar surface area (TPSA) is 21.7 Å². The fraction of sp³-hybridized carbons (Fsp3) is 0.273. The van der Waals surface area contributed by atoms with E-state index in [9.17, 15) is 0 Å². The van der Waals surface area contributed by atoms with Crippen molar-refractivity contribution in [3.63, 3.8) is 0 Å². The number of hydrogen-bond acceptors (Lipinski definition) is 1. The molecule has 0 radical (unpaired) electrons. The van der Waals surface area contributed by atoms with Gasteiger partial charge in [-0.15, -0.1) is 0 Å². The first kappa shape index (κ1) is 8.76. The van der Waals surface area contributed by atoms with Gasteiger partial charge in [0.05, 0.1) is 11.1 Å². The number of hydrogen-bond donors (Lipinski definition) is 0. The molecule has 2 heterocycles. The van der Waals surface area contributed by atoms with Crippen LogP contribution in [0.25, 0.3) is 10.4 Å². The molecule has 0 unspecified atom stereocenters. The van der Waals surface area contributed by atoms with Crippen molar-refractivity contribution in [2.45, 2.75) is 19.4 Å². The van der Waals surface area contributed by atoms with E-state index in [4.69, 9.17) is 6.57 Å². The van der Waals surface area contributed by atoms with Crippen LogP contribution in [-0.2, 0) is 5.54 Å². The summed E-state index contributed by atoms with van der Waals surface area (Å²) in [7, 11) is 0. The van der Waals surface area contributed by atoms with Gasteiger partial charge in [0, 0.05) is 26.2 Å². The summed E-state index contributed by atoms with van der Waals surface area (Å²) in [6, 6.07) is 5.90. The van der Waals surface area contributed by atoms with Crippen molar-refractivity contribution in [2.75, 3.05) is 0 Å². The monoisotopic (exact) mass is 185 g/mol. The van der Waals surface area contributed by atoms with Crippen LogP contribution in [0.4, 0.5) is 0 Å². The van der Waals surface area contributed by atoms with Gasteiger partial charge < -0.3 is 4.85 Å². The van der Waals surface area contributed by atoms with Crippen LogP contribution in [0.1, 0.15) is 19.4 Å². The van der Waals surface area contributed by atoms with Crippen molar-refractivity contribution < 1.29 is 0 Å². The van der Waals surface area contributed by atoms with Crippen molar-refractivity contribution in [1.82, 2.24) is 9.61 Å². The minimum absolute atomic E-state index is 0.472. The molecule has 0 aliphatic rings. The largest absolute Gasteiger partial charge is 0.306 e. The molecule has 2 rings (SSSR count). The van der Waals surface area contributed by atoms with Gasteiger partial charge in [-0.3, -0.25) is 0 Å². The lowest BCUT2D eigenvalue weighted by Gasteiger charge is -2.11. The summed E-state index contributed by atoms with van der Waals surface area (Å²) >= 11 is 0. The maximum Gasteiger partial charge on any atom is 0.253 e. The molecule has 0 aliphatic carbocycles. The Labute approximate surface area is 82.8 Å². The van der Waals surface area contributed by atoms with Gasteiger partial charge in [0.25, 0.3) is 5.54 Å². The normalized spacial score (nSPS) is 11.5. The molecule has 2 aromatic heterocycles. The predicted molar refractivity (Wildman–Crippen MR) is 54.8 cm³/mol. The molecular weight excluding hydrogens is 174 g/mol. The van der Waals surface area contributed by atoms with Gasteiger partial charge in [-0.25, -0.2) is 11.1 Å². The lowest BCUT2D eigenvalue weighted by atomic mass is 9.97. The molecule has 0 saturated heterocycles. The number of aromatic nitrogens is 2. The van der Waals surface area contributed by atoms with E-state index < -0.39 is 5.54 Å². The molecule has 0 spiro atoms. The van der Waals surface area contributed by atoms with Gasteiger partial charge in [-0.05, 0) is 18.2 Å². The van der Waals surface area contributed by atoms with E-state index in [1.807, 2.05) is 38.2 Å². The molecule has 0 bridgehead atoms. The third-order valence-electron chi connectivity index (χ3n) is 2.38. The van der Waals surface area contributed by atoms with Crippen LogP contribution in [0.2, 0.25) is 0 Å². The highest BCUT2D eigenvalue weighted by molar-refractivity contribution is 5.47. The standard InChI is InChI=1S/C11H11N3/c1-11(2,12-3)9-4-5-10-6-7-13-14(10)8-9/h4-8H,1-2H3. The first-order chi connectivity index (χ1) is 6.63. The molecule has 0 N–H and O–H groups in total. The van der Waals surface area contributed by atoms with Crippen LogP contribution in [0.15, 0.2) is 30.6 Å². The van der Waals surface area contributed by atoms with Crippen LogP contribution in [-0.4, -0.2) is 9.61 Å². The number of fused-ring (bicyclic) bond motifs is 1. The zero-order valence-corrected chi connectivity index (χ0v) is 8.23. The molecular formula is C11H11N3. The molecule has 0 saturated carbocycles. The summed E-state index contributed by atoms with van der Waals surface area (Å²) in [6.07, 6.45) is 3.66. The molecule has 3 heteroatoms. The summed E-state index contributed by atoms with van der Waals surface area (Å²) in [5.74, 6) is 0. The van der Waals surface area contributed by atoms with Crippen molar-refractivity contribution in [3.05, 3.63) is 47.6 Å². The van der Waals surface area contributed by atoms with Gasteiger partial charge >= 0.3 is 0 Å².